The molecule has 2 atom stereocenters. The topological polar surface area (TPSA) is 33.2 Å². The van der Waals surface area contributed by atoms with Crippen molar-refractivity contribution in [2.45, 2.75) is 17.7 Å². The van der Waals surface area contributed by atoms with Gasteiger partial charge in [-0.3, -0.25) is 4.79 Å². The average Bonchev–Trinajstić information content (AvgIpc) is 3.08. The molecule has 2 unspecified atom stereocenters. The Hall–Kier alpha value is -1.55. The van der Waals surface area contributed by atoms with Crippen molar-refractivity contribution >= 4 is 28.6 Å². The van der Waals surface area contributed by atoms with Crippen molar-refractivity contribution in [2.75, 3.05) is 12.3 Å². The molecule has 2 saturated heterocycles. The zero-order valence-corrected chi connectivity index (χ0v) is 11.3. The molecule has 1 amide bonds. The lowest BCUT2D eigenvalue weighted by Crippen LogP contribution is -2.39. The number of aromatic nitrogens is 1. The standard InChI is InChI=1S/C15H14N2OS/c18-15(17-8-12-7-11(17)9-19-12)14-6-5-10-3-1-2-4-13(10)16-14/h1-6,11-12H,7-9H2. The molecule has 0 radical (unpaired) electrons. The predicted octanol–water partition coefficient (Wildman–Crippen LogP) is 2.56. The van der Waals surface area contributed by atoms with Crippen LogP contribution in [-0.4, -0.2) is 39.4 Å². The Labute approximate surface area is 116 Å². The minimum atomic E-state index is 0.0959. The summed E-state index contributed by atoms with van der Waals surface area (Å²) in [6, 6.07) is 12.2. The van der Waals surface area contributed by atoms with Gasteiger partial charge in [0.25, 0.3) is 5.91 Å². The first-order valence-electron chi connectivity index (χ1n) is 6.59. The summed E-state index contributed by atoms with van der Waals surface area (Å²) < 4.78 is 0. The fraction of sp³-hybridized carbons (Fsp3) is 0.333. The Bertz CT molecular complexity index is 657. The number of thioether (sulfide) groups is 1. The zero-order valence-electron chi connectivity index (χ0n) is 10.5. The highest BCUT2D eigenvalue weighted by atomic mass is 32.2. The van der Waals surface area contributed by atoms with Crippen LogP contribution in [-0.2, 0) is 0 Å². The van der Waals surface area contributed by atoms with Crippen molar-refractivity contribution in [2.24, 2.45) is 0 Å². The van der Waals surface area contributed by atoms with E-state index in [-0.39, 0.29) is 5.91 Å². The molecule has 3 heterocycles. The van der Waals surface area contributed by atoms with Crippen LogP contribution in [0.1, 0.15) is 16.9 Å². The van der Waals surface area contributed by atoms with Gasteiger partial charge in [0.05, 0.1) is 5.52 Å². The molecule has 4 rings (SSSR count). The van der Waals surface area contributed by atoms with Crippen LogP contribution in [0, 0.1) is 0 Å². The van der Waals surface area contributed by atoms with E-state index < -0.39 is 0 Å². The summed E-state index contributed by atoms with van der Waals surface area (Å²) in [6.07, 6.45) is 1.16. The third-order valence-corrected chi connectivity index (χ3v) is 5.37. The number of amides is 1. The molecule has 2 aliphatic heterocycles. The SMILES string of the molecule is O=C(c1ccc2ccccc2n1)N1CC2CC1CS2. The number of fused-ring (bicyclic) bond motifs is 3. The maximum atomic E-state index is 12.5. The summed E-state index contributed by atoms with van der Waals surface area (Å²) in [7, 11) is 0. The molecule has 2 bridgehead atoms. The molecule has 0 saturated carbocycles. The van der Waals surface area contributed by atoms with Crippen LogP contribution in [0.25, 0.3) is 10.9 Å². The van der Waals surface area contributed by atoms with Gasteiger partial charge in [0.15, 0.2) is 0 Å². The lowest BCUT2D eigenvalue weighted by Gasteiger charge is -2.26. The van der Waals surface area contributed by atoms with E-state index in [1.165, 1.54) is 0 Å². The molecule has 96 valence electrons. The van der Waals surface area contributed by atoms with Crippen LogP contribution < -0.4 is 0 Å². The van der Waals surface area contributed by atoms with Gasteiger partial charge >= 0.3 is 0 Å². The van der Waals surface area contributed by atoms with Gasteiger partial charge < -0.3 is 4.90 Å². The lowest BCUT2D eigenvalue weighted by atomic mass is 10.2. The van der Waals surface area contributed by atoms with Gasteiger partial charge in [0.1, 0.15) is 5.69 Å². The van der Waals surface area contributed by atoms with E-state index >= 15 is 0 Å². The lowest BCUT2D eigenvalue weighted by molar-refractivity contribution is 0.0742. The fourth-order valence-corrected chi connectivity index (χ4v) is 4.42. The number of rotatable bonds is 1. The quantitative estimate of drug-likeness (QED) is 0.798. The Morgan fingerprint density at radius 3 is 2.95 bits per heavy atom. The van der Waals surface area contributed by atoms with E-state index in [1.807, 2.05) is 53.1 Å². The number of hydrogen-bond acceptors (Lipinski definition) is 3. The third-order valence-electron chi connectivity index (χ3n) is 3.98. The number of benzene rings is 1. The Kier molecular flexibility index (Phi) is 2.52. The number of carbonyl (C=O) groups is 1. The number of hydrogen-bond donors (Lipinski definition) is 0. The maximum absolute atomic E-state index is 12.5. The second-order valence-corrected chi connectivity index (χ2v) is 6.52. The number of likely N-dealkylation sites (tertiary alicyclic amines) is 1. The molecule has 4 heteroatoms. The molecule has 2 aromatic rings. The van der Waals surface area contributed by atoms with Crippen LogP contribution in [0.5, 0.6) is 0 Å². The van der Waals surface area contributed by atoms with Crippen molar-refractivity contribution in [1.29, 1.82) is 0 Å². The van der Waals surface area contributed by atoms with E-state index in [1.54, 1.807) is 0 Å². The molecular formula is C15H14N2OS. The van der Waals surface area contributed by atoms with Crippen molar-refractivity contribution in [3.05, 3.63) is 42.1 Å². The van der Waals surface area contributed by atoms with E-state index in [0.717, 1.165) is 29.6 Å². The van der Waals surface area contributed by atoms with Crippen LogP contribution >= 0.6 is 11.8 Å². The van der Waals surface area contributed by atoms with Gasteiger partial charge in [-0.15, -0.1) is 0 Å². The highest BCUT2D eigenvalue weighted by Crippen LogP contribution is 2.37. The normalized spacial score (nSPS) is 25.2. The first kappa shape index (κ1) is 11.3. The molecular weight excluding hydrogens is 256 g/mol. The number of carbonyl (C=O) groups excluding carboxylic acids is 1. The van der Waals surface area contributed by atoms with Crippen molar-refractivity contribution in [3.63, 3.8) is 0 Å². The van der Waals surface area contributed by atoms with E-state index in [0.29, 0.717) is 17.0 Å². The maximum Gasteiger partial charge on any atom is 0.272 e. The Balaban J connectivity index is 1.68. The average molecular weight is 270 g/mol. The summed E-state index contributed by atoms with van der Waals surface area (Å²) in [5.41, 5.74) is 1.48. The second kappa shape index (κ2) is 4.23. The Morgan fingerprint density at radius 1 is 1.26 bits per heavy atom. The van der Waals surface area contributed by atoms with Crippen molar-refractivity contribution in [1.82, 2.24) is 9.88 Å². The van der Waals surface area contributed by atoms with Crippen LogP contribution in [0.3, 0.4) is 0 Å². The molecule has 2 fully saturated rings. The summed E-state index contributed by atoms with van der Waals surface area (Å²) >= 11 is 2.00. The monoisotopic (exact) mass is 270 g/mol. The Morgan fingerprint density at radius 2 is 2.16 bits per heavy atom. The van der Waals surface area contributed by atoms with Crippen LogP contribution in [0.4, 0.5) is 0 Å². The number of nitrogens with zero attached hydrogens (tertiary/aromatic N) is 2. The molecule has 3 nitrogen and oxygen atoms in total. The highest BCUT2D eigenvalue weighted by molar-refractivity contribution is 8.00. The van der Waals surface area contributed by atoms with Crippen LogP contribution in [0.2, 0.25) is 0 Å². The van der Waals surface area contributed by atoms with E-state index in [2.05, 4.69) is 4.98 Å². The molecule has 1 aromatic carbocycles. The molecule has 0 N–H and O–H groups in total. The summed E-state index contributed by atoms with van der Waals surface area (Å²) in [5.74, 6) is 1.18. The van der Waals surface area contributed by atoms with Gasteiger partial charge in [-0.25, -0.2) is 4.98 Å². The number of pyridine rings is 1. The predicted molar refractivity (Wildman–Crippen MR) is 77.4 cm³/mol. The molecule has 0 spiro atoms. The zero-order chi connectivity index (χ0) is 12.8. The summed E-state index contributed by atoms with van der Waals surface area (Å²) in [5, 5.41) is 1.73. The fourth-order valence-electron chi connectivity index (χ4n) is 2.98. The molecule has 0 aliphatic carbocycles. The molecule has 1 aromatic heterocycles. The van der Waals surface area contributed by atoms with Gasteiger partial charge in [0, 0.05) is 29.0 Å². The molecule has 2 aliphatic rings. The van der Waals surface area contributed by atoms with Crippen molar-refractivity contribution in [3.8, 4) is 0 Å². The first-order chi connectivity index (χ1) is 9.31. The summed E-state index contributed by atoms with van der Waals surface area (Å²) in [4.78, 5) is 19.1. The smallest absolute Gasteiger partial charge is 0.272 e. The van der Waals surface area contributed by atoms with Gasteiger partial charge in [0.2, 0.25) is 0 Å². The van der Waals surface area contributed by atoms with Gasteiger partial charge in [-0.2, -0.15) is 11.8 Å². The third kappa shape index (κ3) is 1.82. The summed E-state index contributed by atoms with van der Waals surface area (Å²) in [6.45, 7) is 0.892. The molecule has 19 heavy (non-hydrogen) atoms. The van der Waals surface area contributed by atoms with E-state index in [9.17, 15) is 4.79 Å². The van der Waals surface area contributed by atoms with E-state index in [4.69, 9.17) is 0 Å². The van der Waals surface area contributed by atoms with Gasteiger partial charge in [-0.05, 0) is 18.6 Å². The van der Waals surface area contributed by atoms with Gasteiger partial charge in [-0.1, -0.05) is 24.3 Å². The highest BCUT2D eigenvalue weighted by Gasteiger charge is 2.41. The first-order valence-corrected chi connectivity index (χ1v) is 7.64. The second-order valence-electron chi connectivity index (χ2n) is 5.19. The van der Waals surface area contributed by atoms with Crippen LogP contribution in [0.15, 0.2) is 36.4 Å². The minimum absolute atomic E-state index is 0.0959. The number of para-hydroxylation sites is 1. The van der Waals surface area contributed by atoms with Crippen molar-refractivity contribution < 1.29 is 4.79 Å². The minimum Gasteiger partial charge on any atom is -0.332 e. The largest absolute Gasteiger partial charge is 0.332 e.